The maximum absolute atomic E-state index is 12.5. The SMILES string of the molecule is CCOC(=O)Nc1ccc([NH2+]Cc2ccc(C(F)(F)F)cc2)cc1[NH3+].[Cl-].[Cl-]. The Bertz CT molecular complexity index is 741. The van der Waals surface area contributed by atoms with Gasteiger partial charge in [-0.25, -0.2) is 4.79 Å². The van der Waals surface area contributed by atoms with Gasteiger partial charge >= 0.3 is 12.3 Å². The Morgan fingerprint density at radius 3 is 2.30 bits per heavy atom. The summed E-state index contributed by atoms with van der Waals surface area (Å²) in [6.45, 7) is 2.48. The lowest BCUT2D eigenvalue weighted by Crippen LogP contribution is -3.00. The number of hydrogen-bond donors (Lipinski definition) is 3. The highest BCUT2D eigenvalue weighted by Gasteiger charge is 2.29. The first-order valence-electron chi connectivity index (χ1n) is 7.68. The van der Waals surface area contributed by atoms with E-state index in [1.54, 1.807) is 25.1 Å². The van der Waals surface area contributed by atoms with E-state index in [0.29, 0.717) is 17.9 Å². The topological polar surface area (TPSA) is 82.6 Å². The Labute approximate surface area is 167 Å². The molecule has 150 valence electrons. The van der Waals surface area contributed by atoms with Crippen molar-refractivity contribution >= 4 is 23.2 Å². The van der Waals surface area contributed by atoms with Crippen LogP contribution in [-0.4, -0.2) is 12.7 Å². The molecule has 0 saturated carbocycles. The summed E-state index contributed by atoms with van der Waals surface area (Å²) in [6.07, 6.45) is -4.87. The standard InChI is InChI=1S/C17H18F3N3O2.2ClH/c1-2-25-16(24)23-15-8-7-13(9-14(15)21)22-10-11-3-5-12(6-4-11)17(18,19)20;;/h3-9,22H,2,10,21H2,1H3,(H,23,24);2*1H. The second-order valence-electron chi connectivity index (χ2n) is 5.36. The molecule has 0 fully saturated rings. The van der Waals surface area contributed by atoms with Crippen LogP contribution in [0.25, 0.3) is 0 Å². The fraction of sp³-hybridized carbons (Fsp3) is 0.235. The van der Waals surface area contributed by atoms with Crippen molar-refractivity contribution in [3.05, 3.63) is 53.6 Å². The molecule has 0 aliphatic rings. The van der Waals surface area contributed by atoms with E-state index in [-0.39, 0.29) is 31.4 Å². The molecule has 0 saturated heterocycles. The molecule has 0 bridgehead atoms. The number of quaternary nitrogens is 2. The molecule has 27 heavy (non-hydrogen) atoms. The molecule has 2 rings (SSSR count). The number of ether oxygens (including phenoxy) is 1. The molecule has 0 aliphatic heterocycles. The quantitative estimate of drug-likeness (QED) is 0.435. The van der Waals surface area contributed by atoms with Crippen molar-refractivity contribution in [2.75, 3.05) is 11.9 Å². The van der Waals surface area contributed by atoms with Gasteiger partial charge < -0.3 is 40.6 Å². The van der Waals surface area contributed by atoms with Crippen molar-refractivity contribution in [1.82, 2.24) is 0 Å². The maximum Gasteiger partial charge on any atom is 0.416 e. The van der Waals surface area contributed by atoms with Crippen LogP contribution in [0.2, 0.25) is 0 Å². The second-order valence-corrected chi connectivity index (χ2v) is 5.36. The van der Waals surface area contributed by atoms with Crippen molar-refractivity contribution in [2.24, 2.45) is 0 Å². The maximum atomic E-state index is 12.5. The normalized spacial score (nSPS) is 10.4. The van der Waals surface area contributed by atoms with Crippen LogP contribution in [0.3, 0.4) is 0 Å². The van der Waals surface area contributed by atoms with Crippen LogP contribution in [0.1, 0.15) is 18.1 Å². The molecule has 0 radical (unpaired) electrons. The summed E-state index contributed by atoms with van der Waals surface area (Å²) < 4.78 is 42.4. The van der Waals surface area contributed by atoms with E-state index in [2.05, 4.69) is 11.1 Å². The summed E-state index contributed by atoms with van der Waals surface area (Å²) in [4.78, 5) is 11.4. The third kappa shape index (κ3) is 7.64. The number of rotatable bonds is 5. The monoisotopic (exact) mass is 425 g/mol. The first-order chi connectivity index (χ1) is 11.8. The molecule has 1 amide bonds. The largest absolute Gasteiger partial charge is 1.00 e. The van der Waals surface area contributed by atoms with Crippen LogP contribution >= 0.6 is 0 Å². The van der Waals surface area contributed by atoms with Gasteiger partial charge in [0.05, 0.1) is 18.2 Å². The van der Waals surface area contributed by atoms with Crippen molar-refractivity contribution in [3.8, 4) is 0 Å². The van der Waals surface area contributed by atoms with E-state index in [9.17, 15) is 18.0 Å². The Hall–Kier alpha value is -2.00. The van der Waals surface area contributed by atoms with Gasteiger partial charge in [0.25, 0.3) is 0 Å². The van der Waals surface area contributed by atoms with Crippen molar-refractivity contribution in [3.63, 3.8) is 0 Å². The zero-order valence-electron chi connectivity index (χ0n) is 14.4. The van der Waals surface area contributed by atoms with E-state index in [1.165, 1.54) is 12.1 Å². The number of amides is 1. The summed E-state index contributed by atoms with van der Waals surface area (Å²) in [6, 6.07) is 10.3. The molecule has 0 aliphatic carbocycles. The lowest BCUT2D eigenvalue weighted by atomic mass is 10.1. The molecular formula is C17H20Cl2F3N3O2. The summed E-state index contributed by atoms with van der Waals surface area (Å²) in [7, 11) is 0. The minimum absolute atomic E-state index is 0. The van der Waals surface area contributed by atoms with E-state index in [1.807, 2.05) is 5.32 Å². The fourth-order valence-electron chi connectivity index (χ4n) is 2.21. The number of carbonyl (C=O) groups is 1. The smallest absolute Gasteiger partial charge is 0.416 e. The number of nitrogens with one attached hydrogen (secondary N) is 1. The van der Waals surface area contributed by atoms with Gasteiger partial charge in [0, 0.05) is 11.6 Å². The number of anilines is 1. The molecule has 10 heteroatoms. The first kappa shape index (κ1) is 25.0. The molecule has 6 N–H and O–H groups in total. The van der Waals surface area contributed by atoms with E-state index in [4.69, 9.17) is 4.74 Å². The van der Waals surface area contributed by atoms with Gasteiger partial charge in [-0.3, -0.25) is 5.32 Å². The van der Waals surface area contributed by atoms with Gasteiger partial charge in [0.2, 0.25) is 0 Å². The van der Waals surface area contributed by atoms with Crippen LogP contribution in [0, 0.1) is 0 Å². The minimum atomic E-state index is -4.33. The van der Waals surface area contributed by atoms with Gasteiger partial charge in [-0.15, -0.1) is 0 Å². The van der Waals surface area contributed by atoms with Crippen LogP contribution in [0.15, 0.2) is 42.5 Å². The van der Waals surface area contributed by atoms with E-state index < -0.39 is 17.8 Å². The Morgan fingerprint density at radius 2 is 1.78 bits per heavy atom. The molecule has 0 atom stereocenters. The van der Waals surface area contributed by atoms with E-state index >= 15 is 0 Å². The number of hydrogen-bond acceptors (Lipinski definition) is 2. The predicted octanol–water partition coefficient (Wildman–Crippen LogP) is -3.45. The van der Waals surface area contributed by atoms with Crippen molar-refractivity contribution < 1.29 is 58.6 Å². The fourth-order valence-corrected chi connectivity index (χ4v) is 2.21. The first-order valence-corrected chi connectivity index (χ1v) is 7.68. The van der Waals surface area contributed by atoms with Crippen molar-refractivity contribution in [2.45, 2.75) is 19.6 Å². The third-order valence-corrected chi connectivity index (χ3v) is 3.50. The van der Waals surface area contributed by atoms with Gasteiger partial charge in [-0.1, -0.05) is 12.1 Å². The van der Waals surface area contributed by atoms with Crippen LogP contribution < -0.4 is 41.2 Å². The summed E-state index contributed by atoms with van der Waals surface area (Å²) in [5.74, 6) is 0. The zero-order chi connectivity index (χ0) is 18.4. The third-order valence-electron chi connectivity index (χ3n) is 3.50. The van der Waals surface area contributed by atoms with Crippen molar-refractivity contribution in [1.29, 1.82) is 0 Å². The average molecular weight is 426 g/mol. The Morgan fingerprint density at radius 1 is 1.15 bits per heavy atom. The molecule has 0 spiro atoms. The molecule has 0 aromatic heterocycles. The lowest BCUT2D eigenvalue weighted by molar-refractivity contribution is -0.588. The molecule has 2 aromatic carbocycles. The Kier molecular flexibility index (Phi) is 10.2. The van der Waals surface area contributed by atoms with E-state index in [0.717, 1.165) is 23.4 Å². The summed E-state index contributed by atoms with van der Waals surface area (Å²) >= 11 is 0. The number of carbonyl (C=O) groups excluding carboxylic acids is 1. The molecular weight excluding hydrogens is 406 g/mol. The van der Waals surface area contributed by atoms with Crippen LogP contribution in [0.5, 0.6) is 0 Å². The Balaban J connectivity index is 0.00000338. The van der Waals surface area contributed by atoms with Crippen LogP contribution in [0.4, 0.5) is 35.0 Å². The molecule has 0 unspecified atom stereocenters. The predicted molar refractivity (Wildman–Crippen MR) is 86.4 cm³/mol. The molecule has 0 heterocycles. The summed E-state index contributed by atoms with van der Waals surface area (Å²) in [5.41, 5.74) is 6.01. The second kappa shape index (κ2) is 11.0. The van der Waals surface area contributed by atoms with Crippen LogP contribution in [-0.2, 0) is 17.5 Å². The van der Waals surface area contributed by atoms with Gasteiger partial charge in [0.15, 0.2) is 5.69 Å². The number of nitrogens with two attached hydrogens (primary N) is 1. The molecule has 2 aromatic rings. The summed E-state index contributed by atoms with van der Waals surface area (Å²) in [5, 5.41) is 4.47. The average Bonchev–Trinajstić information content (AvgIpc) is 2.55. The zero-order valence-corrected chi connectivity index (χ0v) is 16.0. The highest BCUT2D eigenvalue weighted by Crippen LogP contribution is 2.29. The van der Waals surface area contributed by atoms with Gasteiger partial charge in [-0.2, -0.15) is 13.2 Å². The van der Waals surface area contributed by atoms with Gasteiger partial charge in [0.1, 0.15) is 17.9 Å². The molecule has 5 nitrogen and oxygen atoms in total. The highest BCUT2D eigenvalue weighted by molar-refractivity contribution is 5.88. The minimum Gasteiger partial charge on any atom is -1.00 e. The highest BCUT2D eigenvalue weighted by atomic mass is 35.5. The number of alkyl halides is 3. The lowest BCUT2D eigenvalue weighted by Gasteiger charge is -2.08. The number of halogens is 5. The van der Waals surface area contributed by atoms with Gasteiger partial charge in [-0.05, 0) is 25.1 Å². The number of benzene rings is 2.